The minimum absolute atomic E-state index is 0.0447. The number of ether oxygens (including phenoxy) is 1. The molecule has 1 heterocycles. The maximum Gasteiger partial charge on any atom is 0.308 e. The van der Waals surface area contributed by atoms with Crippen LogP contribution >= 0.6 is 0 Å². The van der Waals surface area contributed by atoms with Gasteiger partial charge in [0.25, 0.3) is 0 Å². The lowest BCUT2D eigenvalue weighted by Gasteiger charge is -2.37. The Morgan fingerprint density at radius 1 is 1.03 bits per heavy atom. The van der Waals surface area contributed by atoms with Gasteiger partial charge in [-0.2, -0.15) is 0 Å². The second-order valence-electron chi connectivity index (χ2n) is 7.11. The van der Waals surface area contributed by atoms with Crippen LogP contribution in [-0.4, -0.2) is 61.7 Å². The van der Waals surface area contributed by atoms with Crippen molar-refractivity contribution >= 4 is 23.3 Å². The van der Waals surface area contributed by atoms with E-state index in [0.29, 0.717) is 12.2 Å². The minimum Gasteiger partial charge on any atom is -0.495 e. The Kier molecular flexibility index (Phi) is 7.08. The third kappa shape index (κ3) is 5.71. The summed E-state index contributed by atoms with van der Waals surface area (Å²) in [4.78, 5) is 28.3. The van der Waals surface area contributed by atoms with Gasteiger partial charge >= 0.3 is 5.97 Å². The molecule has 0 radical (unpaired) electrons. The summed E-state index contributed by atoms with van der Waals surface area (Å²) in [6.45, 7) is 3.40. The van der Waals surface area contributed by atoms with E-state index in [0.717, 1.165) is 37.6 Å². The smallest absolute Gasteiger partial charge is 0.308 e. The lowest BCUT2D eigenvalue weighted by atomic mass is 10.0. The largest absolute Gasteiger partial charge is 0.495 e. The third-order valence-electron chi connectivity index (χ3n) is 5.12. The number of aliphatic carboxylic acids is 1. The highest BCUT2D eigenvalue weighted by atomic mass is 16.5. The molecule has 2 N–H and O–H groups in total. The van der Waals surface area contributed by atoms with Crippen LogP contribution in [0.25, 0.3) is 0 Å². The topological polar surface area (TPSA) is 82.1 Å². The van der Waals surface area contributed by atoms with Crippen molar-refractivity contribution in [3.63, 3.8) is 0 Å². The highest BCUT2D eigenvalue weighted by Gasteiger charge is 2.27. The van der Waals surface area contributed by atoms with Gasteiger partial charge < -0.3 is 20.1 Å². The zero-order valence-electron chi connectivity index (χ0n) is 16.6. The Labute approximate surface area is 170 Å². The highest BCUT2D eigenvalue weighted by Crippen LogP contribution is 2.28. The van der Waals surface area contributed by atoms with Crippen LogP contribution in [0.5, 0.6) is 5.75 Å². The van der Waals surface area contributed by atoms with E-state index in [9.17, 15) is 14.7 Å². The van der Waals surface area contributed by atoms with Crippen LogP contribution in [0.15, 0.2) is 54.6 Å². The number of hydrogen-bond acceptors (Lipinski definition) is 5. The van der Waals surface area contributed by atoms with Gasteiger partial charge in [0.15, 0.2) is 0 Å². The highest BCUT2D eigenvalue weighted by molar-refractivity contribution is 5.93. The van der Waals surface area contributed by atoms with Crippen LogP contribution in [0.2, 0.25) is 0 Å². The average molecular weight is 397 g/mol. The first-order chi connectivity index (χ1) is 14.1. The quantitative estimate of drug-likeness (QED) is 0.712. The van der Waals surface area contributed by atoms with Crippen molar-refractivity contribution < 1.29 is 19.4 Å². The van der Waals surface area contributed by atoms with E-state index in [2.05, 4.69) is 15.1 Å². The Morgan fingerprint density at radius 2 is 1.69 bits per heavy atom. The molecule has 1 fully saturated rings. The molecule has 7 heteroatoms. The number of nitrogens with zero attached hydrogens (tertiary/aromatic N) is 2. The molecule has 0 saturated carbocycles. The standard InChI is InChI=1S/C22H27N3O4/c1-29-20-10-6-5-9-19(20)25-13-11-24(12-14-25)16-17(22(27)28)15-21(26)23-18-7-3-2-4-8-18/h2-10,17H,11-16H2,1H3,(H,23,26)(H,27,28)/t17-/m0/s1. The van der Waals surface area contributed by atoms with E-state index in [1.165, 1.54) is 0 Å². The third-order valence-corrected chi connectivity index (χ3v) is 5.12. The lowest BCUT2D eigenvalue weighted by molar-refractivity contribution is -0.144. The molecule has 2 aromatic carbocycles. The average Bonchev–Trinajstić information content (AvgIpc) is 2.74. The van der Waals surface area contributed by atoms with Gasteiger partial charge in [0.1, 0.15) is 5.75 Å². The van der Waals surface area contributed by atoms with Crippen molar-refractivity contribution in [2.24, 2.45) is 5.92 Å². The van der Waals surface area contributed by atoms with E-state index in [1.54, 1.807) is 19.2 Å². The van der Waals surface area contributed by atoms with Crippen molar-refractivity contribution in [1.82, 2.24) is 4.90 Å². The predicted octanol–water partition coefficient (Wildman–Crippen LogP) is 2.55. The zero-order valence-corrected chi connectivity index (χ0v) is 16.6. The molecule has 1 saturated heterocycles. The molecule has 3 rings (SSSR count). The summed E-state index contributed by atoms with van der Waals surface area (Å²) < 4.78 is 5.44. The van der Waals surface area contributed by atoms with E-state index >= 15 is 0 Å². The summed E-state index contributed by atoms with van der Waals surface area (Å²) in [7, 11) is 1.66. The molecule has 0 bridgehead atoms. The van der Waals surface area contributed by atoms with Crippen molar-refractivity contribution in [3.8, 4) is 5.75 Å². The van der Waals surface area contributed by atoms with E-state index in [-0.39, 0.29) is 12.3 Å². The van der Waals surface area contributed by atoms with E-state index in [1.807, 2.05) is 42.5 Å². The van der Waals surface area contributed by atoms with Crippen LogP contribution in [0.4, 0.5) is 11.4 Å². The number of amides is 1. The Morgan fingerprint density at radius 3 is 2.34 bits per heavy atom. The molecule has 1 aliphatic heterocycles. The number of methoxy groups -OCH3 is 1. The summed E-state index contributed by atoms with van der Waals surface area (Å²) in [5.41, 5.74) is 1.72. The molecule has 0 spiro atoms. The van der Waals surface area contributed by atoms with Crippen LogP contribution < -0.4 is 15.0 Å². The normalized spacial score (nSPS) is 15.6. The van der Waals surface area contributed by atoms with Gasteiger partial charge in [0.05, 0.1) is 18.7 Å². The van der Waals surface area contributed by atoms with E-state index < -0.39 is 11.9 Å². The summed E-state index contributed by atoms with van der Waals surface area (Å²) >= 11 is 0. The molecule has 1 atom stereocenters. The number of rotatable bonds is 8. The fourth-order valence-corrected chi connectivity index (χ4v) is 3.56. The van der Waals surface area contributed by atoms with Gasteiger partial charge in [-0.15, -0.1) is 0 Å². The van der Waals surface area contributed by atoms with Gasteiger partial charge in [-0.3, -0.25) is 14.5 Å². The first-order valence-electron chi connectivity index (χ1n) is 9.75. The van der Waals surface area contributed by atoms with Gasteiger partial charge in [0, 0.05) is 44.8 Å². The van der Waals surface area contributed by atoms with Gasteiger partial charge in [0.2, 0.25) is 5.91 Å². The molecule has 0 unspecified atom stereocenters. The Bertz CT molecular complexity index is 820. The van der Waals surface area contributed by atoms with Crippen LogP contribution in [0, 0.1) is 5.92 Å². The number of piperazine rings is 1. The second kappa shape index (κ2) is 9.93. The van der Waals surface area contributed by atoms with Crippen LogP contribution in [0.3, 0.4) is 0 Å². The first kappa shape index (κ1) is 20.7. The summed E-state index contributed by atoms with van der Waals surface area (Å²) in [5.74, 6) is -1.13. The maximum absolute atomic E-state index is 12.3. The van der Waals surface area contributed by atoms with Crippen molar-refractivity contribution in [2.45, 2.75) is 6.42 Å². The fourth-order valence-electron chi connectivity index (χ4n) is 3.56. The van der Waals surface area contributed by atoms with Crippen LogP contribution in [-0.2, 0) is 9.59 Å². The van der Waals surface area contributed by atoms with Gasteiger partial charge in [-0.05, 0) is 24.3 Å². The molecule has 1 aliphatic rings. The van der Waals surface area contributed by atoms with Crippen molar-refractivity contribution in [3.05, 3.63) is 54.6 Å². The molecule has 154 valence electrons. The van der Waals surface area contributed by atoms with E-state index in [4.69, 9.17) is 4.74 Å². The zero-order chi connectivity index (χ0) is 20.6. The minimum atomic E-state index is -0.944. The molecule has 0 aromatic heterocycles. The summed E-state index contributed by atoms with van der Waals surface area (Å²) in [5, 5.41) is 12.3. The van der Waals surface area contributed by atoms with Crippen molar-refractivity contribution in [1.29, 1.82) is 0 Å². The van der Waals surface area contributed by atoms with Crippen molar-refractivity contribution in [2.75, 3.05) is 50.1 Å². The van der Waals surface area contributed by atoms with Gasteiger partial charge in [-0.1, -0.05) is 30.3 Å². The monoisotopic (exact) mass is 397 g/mol. The Hall–Kier alpha value is -3.06. The molecule has 2 aromatic rings. The summed E-state index contributed by atoms with van der Waals surface area (Å²) in [6, 6.07) is 17.0. The second-order valence-corrected chi connectivity index (χ2v) is 7.11. The number of carboxylic acid groups (broad SMARTS) is 1. The number of carboxylic acids is 1. The molecule has 0 aliphatic carbocycles. The number of carbonyl (C=O) groups excluding carboxylic acids is 1. The number of hydrogen-bond donors (Lipinski definition) is 2. The number of nitrogens with one attached hydrogen (secondary N) is 1. The molecule has 29 heavy (non-hydrogen) atoms. The SMILES string of the molecule is COc1ccccc1N1CCN(C[C@H](CC(=O)Nc2ccccc2)C(=O)O)CC1. The molecular weight excluding hydrogens is 370 g/mol. The number of carbonyl (C=O) groups is 2. The number of benzene rings is 2. The Balaban J connectivity index is 1.53. The molecule has 7 nitrogen and oxygen atoms in total. The number of anilines is 2. The molecule has 1 amide bonds. The fraction of sp³-hybridized carbons (Fsp3) is 0.364. The predicted molar refractivity (Wildman–Crippen MR) is 112 cm³/mol. The summed E-state index contributed by atoms with van der Waals surface area (Å²) in [6.07, 6.45) is -0.0447. The van der Waals surface area contributed by atoms with Gasteiger partial charge in [-0.25, -0.2) is 0 Å². The molecular formula is C22H27N3O4. The first-order valence-corrected chi connectivity index (χ1v) is 9.75. The lowest BCUT2D eigenvalue weighted by Crippen LogP contribution is -2.49. The number of para-hydroxylation sites is 3. The maximum atomic E-state index is 12.3. The van der Waals surface area contributed by atoms with Crippen LogP contribution in [0.1, 0.15) is 6.42 Å².